The topological polar surface area (TPSA) is 172 Å². The highest BCUT2D eigenvalue weighted by Crippen LogP contribution is 2.43. The van der Waals surface area contributed by atoms with E-state index in [0.29, 0.717) is 12.8 Å². The predicted octanol–water partition coefficient (Wildman–Crippen LogP) is 5.04. The molecule has 0 amide bonds. The number of unbranched alkanes of at least 4 members (excludes halogenated alkanes) is 9. The number of carbonyl (C=O) groups is 3. The fraction of sp³-hybridized carbons (Fsp3) is 0.808. The lowest BCUT2D eigenvalue weighted by Crippen LogP contribution is -2.34. The van der Waals surface area contributed by atoms with Gasteiger partial charge in [0.15, 0.2) is 6.10 Å². The monoisotopic (exact) mass is 565 g/mol. The van der Waals surface area contributed by atoms with E-state index in [0.717, 1.165) is 44.9 Å². The van der Waals surface area contributed by atoms with Gasteiger partial charge in [0, 0.05) is 12.8 Å². The molecule has 4 N–H and O–H groups in total. The van der Waals surface area contributed by atoms with E-state index in [-0.39, 0.29) is 19.4 Å². The number of carbonyl (C=O) groups excluding carboxylic acids is 2. The average molecular weight is 566 g/mol. The second-order valence-electron chi connectivity index (χ2n) is 9.18. The van der Waals surface area contributed by atoms with Crippen LogP contribution in [0, 0.1) is 0 Å². The van der Waals surface area contributed by atoms with Gasteiger partial charge in [-0.1, -0.05) is 64.5 Å². The molecule has 0 aliphatic carbocycles. The molecule has 3 unspecified atom stereocenters. The Hall–Kier alpha value is -1.78. The summed E-state index contributed by atoms with van der Waals surface area (Å²) in [5.41, 5.74) is 5.24. The van der Waals surface area contributed by atoms with E-state index >= 15 is 0 Å². The number of allylic oxidation sites excluding steroid dienone is 2. The molecule has 0 radical (unpaired) electrons. The number of carboxylic acids is 1. The molecule has 0 aromatic carbocycles. The number of hydrogen-bond donors (Lipinski definition) is 3. The largest absolute Gasteiger partial charge is 0.480 e. The number of phosphoric acid groups is 1. The van der Waals surface area contributed by atoms with Crippen molar-refractivity contribution in [1.29, 1.82) is 0 Å². The van der Waals surface area contributed by atoms with E-state index in [1.165, 1.54) is 19.3 Å². The Balaban J connectivity index is 4.43. The summed E-state index contributed by atoms with van der Waals surface area (Å²) in [6, 6.07) is -1.51. The van der Waals surface area contributed by atoms with E-state index in [9.17, 15) is 23.8 Å². The van der Waals surface area contributed by atoms with Crippen molar-refractivity contribution in [2.75, 3.05) is 19.8 Å². The summed E-state index contributed by atoms with van der Waals surface area (Å²) in [6.45, 7) is 2.42. The van der Waals surface area contributed by atoms with Crippen molar-refractivity contribution in [3.63, 3.8) is 0 Å². The molecule has 0 bridgehead atoms. The quantitative estimate of drug-likeness (QED) is 0.0585. The lowest BCUT2D eigenvalue weighted by atomic mass is 10.1. The molecule has 0 aromatic rings. The average Bonchev–Trinajstić information content (AvgIpc) is 2.88. The Bertz CT molecular complexity index is 731. The van der Waals surface area contributed by atoms with Crippen molar-refractivity contribution in [1.82, 2.24) is 0 Å². The first kappa shape index (κ1) is 36.2. The first-order valence-corrected chi connectivity index (χ1v) is 15.2. The van der Waals surface area contributed by atoms with Crippen molar-refractivity contribution in [2.45, 2.75) is 116 Å². The molecule has 0 saturated heterocycles. The molecule has 0 spiro atoms. The van der Waals surface area contributed by atoms with Gasteiger partial charge in [0.2, 0.25) is 0 Å². The van der Waals surface area contributed by atoms with E-state index in [1.54, 1.807) is 0 Å². The molecule has 0 rings (SSSR count). The molecule has 38 heavy (non-hydrogen) atoms. The van der Waals surface area contributed by atoms with Gasteiger partial charge in [-0.25, -0.2) is 4.57 Å². The summed E-state index contributed by atoms with van der Waals surface area (Å²) in [5, 5.41) is 8.74. The van der Waals surface area contributed by atoms with Crippen LogP contribution in [0.1, 0.15) is 104 Å². The Kier molecular flexibility index (Phi) is 22.1. The summed E-state index contributed by atoms with van der Waals surface area (Å²) >= 11 is 0. The number of nitrogens with two attached hydrogens (primary N) is 1. The summed E-state index contributed by atoms with van der Waals surface area (Å²) in [5.74, 6) is -2.44. The number of hydrogen-bond acceptors (Lipinski definition) is 9. The third kappa shape index (κ3) is 22.2. The fourth-order valence-corrected chi connectivity index (χ4v) is 3.99. The Labute approximate surface area is 227 Å². The zero-order valence-corrected chi connectivity index (χ0v) is 23.9. The van der Waals surface area contributed by atoms with Crippen LogP contribution in [0.2, 0.25) is 0 Å². The number of rotatable bonds is 25. The van der Waals surface area contributed by atoms with E-state index in [4.69, 9.17) is 24.8 Å². The van der Waals surface area contributed by atoms with E-state index < -0.39 is 51.1 Å². The van der Waals surface area contributed by atoms with Crippen LogP contribution in [0.4, 0.5) is 0 Å². The number of carboxylic acid groups (broad SMARTS) is 1. The third-order valence-corrected chi connectivity index (χ3v) is 6.46. The number of esters is 2. The molecular weight excluding hydrogens is 517 g/mol. The molecule has 12 heteroatoms. The Morgan fingerprint density at radius 1 is 0.789 bits per heavy atom. The Morgan fingerprint density at radius 2 is 1.34 bits per heavy atom. The molecule has 11 nitrogen and oxygen atoms in total. The fourth-order valence-electron chi connectivity index (χ4n) is 3.21. The second kappa shape index (κ2) is 23.1. The molecular formula is C26H48NO10P. The Morgan fingerprint density at radius 3 is 1.97 bits per heavy atom. The van der Waals surface area contributed by atoms with Crippen LogP contribution in [-0.2, 0) is 37.5 Å². The standard InChI is InChI=1S/C26H48NO10P/c1-3-5-7-8-9-10-11-12-13-14-15-16-18-25(29)37-22(19-34-24(28)17-6-4-2)20-35-38(32,33)36-21-23(27)26(30)31/h9-10,22-23H,3-8,11-21,27H2,1-2H3,(H,30,31)(H,32,33)/b10-9-. The van der Waals surface area contributed by atoms with Gasteiger partial charge in [-0.2, -0.15) is 0 Å². The zero-order chi connectivity index (χ0) is 28.7. The first-order valence-electron chi connectivity index (χ1n) is 13.7. The van der Waals surface area contributed by atoms with Gasteiger partial charge in [-0.15, -0.1) is 0 Å². The molecule has 0 aromatic heterocycles. The van der Waals surface area contributed by atoms with E-state index in [2.05, 4.69) is 23.6 Å². The van der Waals surface area contributed by atoms with Gasteiger partial charge in [0.25, 0.3) is 0 Å². The minimum atomic E-state index is -4.68. The highest BCUT2D eigenvalue weighted by atomic mass is 31.2. The molecule has 0 aliphatic heterocycles. The molecule has 0 aliphatic rings. The van der Waals surface area contributed by atoms with Gasteiger partial charge in [0.05, 0.1) is 13.2 Å². The zero-order valence-electron chi connectivity index (χ0n) is 23.0. The van der Waals surface area contributed by atoms with Crippen molar-refractivity contribution < 1.29 is 47.5 Å². The second-order valence-corrected chi connectivity index (χ2v) is 10.6. The van der Waals surface area contributed by atoms with Crippen molar-refractivity contribution in [3.8, 4) is 0 Å². The van der Waals surface area contributed by atoms with Crippen LogP contribution in [0.5, 0.6) is 0 Å². The summed E-state index contributed by atoms with van der Waals surface area (Å²) < 4.78 is 31.8. The van der Waals surface area contributed by atoms with Crippen molar-refractivity contribution in [3.05, 3.63) is 12.2 Å². The summed E-state index contributed by atoms with van der Waals surface area (Å²) in [6.07, 6.45) is 15.8. The maximum Gasteiger partial charge on any atom is 0.472 e. The SMILES string of the molecule is CCCCC/C=C\CCCCCCCC(=O)OC(COC(=O)CCCC)COP(=O)(O)OCC(N)C(=O)O. The third-order valence-electron chi connectivity index (χ3n) is 5.51. The minimum absolute atomic E-state index is 0.151. The molecule has 0 heterocycles. The van der Waals surface area contributed by atoms with Gasteiger partial charge >= 0.3 is 25.7 Å². The van der Waals surface area contributed by atoms with Crippen LogP contribution in [-0.4, -0.2) is 59.9 Å². The maximum absolute atomic E-state index is 12.3. The lowest BCUT2D eigenvalue weighted by molar-refractivity contribution is -0.161. The number of ether oxygens (including phenoxy) is 2. The summed E-state index contributed by atoms with van der Waals surface area (Å²) in [7, 11) is -4.68. The van der Waals surface area contributed by atoms with Crippen LogP contribution >= 0.6 is 7.82 Å². The van der Waals surface area contributed by atoms with E-state index in [1.807, 2.05) is 6.92 Å². The minimum Gasteiger partial charge on any atom is -0.480 e. The lowest BCUT2D eigenvalue weighted by Gasteiger charge is -2.20. The van der Waals surface area contributed by atoms with Gasteiger partial charge in [-0.05, 0) is 38.5 Å². The number of aliphatic carboxylic acids is 1. The van der Waals surface area contributed by atoms with Gasteiger partial charge < -0.3 is 25.2 Å². The molecule has 0 fully saturated rings. The number of phosphoric ester groups is 1. The van der Waals surface area contributed by atoms with Gasteiger partial charge in [-0.3, -0.25) is 23.4 Å². The summed E-state index contributed by atoms with van der Waals surface area (Å²) in [4.78, 5) is 44.6. The maximum atomic E-state index is 12.3. The predicted molar refractivity (Wildman–Crippen MR) is 143 cm³/mol. The van der Waals surface area contributed by atoms with Crippen LogP contribution < -0.4 is 5.73 Å². The van der Waals surface area contributed by atoms with Crippen LogP contribution in [0.3, 0.4) is 0 Å². The molecule has 3 atom stereocenters. The highest BCUT2D eigenvalue weighted by Gasteiger charge is 2.28. The highest BCUT2D eigenvalue weighted by molar-refractivity contribution is 7.47. The van der Waals surface area contributed by atoms with Crippen molar-refractivity contribution in [2.24, 2.45) is 5.73 Å². The van der Waals surface area contributed by atoms with Crippen molar-refractivity contribution >= 4 is 25.7 Å². The molecule has 222 valence electrons. The smallest absolute Gasteiger partial charge is 0.472 e. The first-order chi connectivity index (χ1) is 18.1. The normalized spacial score (nSPS) is 14.6. The molecule has 0 saturated carbocycles. The van der Waals surface area contributed by atoms with Crippen LogP contribution in [0.15, 0.2) is 12.2 Å². The van der Waals surface area contributed by atoms with Crippen LogP contribution in [0.25, 0.3) is 0 Å². The van der Waals surface area contributed by atoms with Gasteiger partial charge in [0.1, 0.15) is 12.6 Å².